The largest absolute Gasteiger partial charge is 0.337 e. The Morgan fingerprint density at radius 3 is 2.48 bits per heavy atom. The summed E-state index contributed by atoms with van der Waals surface area (Å²) < 4.78 is 1.88. The molecule has 0 aliphatic heterocycles. The van der Waals surface area contributed by atoms with Gasteiger partial charge < -0.3 is 4.57 Å². The van der Waals surface area contributed by atoms with Gasteiger partial charge in [-0.1, -0.05) is 30.3 Å². The van der Waals surface area contributed by atoms with Crippen LogP contribution >= 0.6 is 0 Å². The lowest BCUT2D eigenvalue weighted by atomic mass is 10.0. The lowest BCUT2D eigenvalue weighted by Gasteiger charge is -2.11. The smallest absolute Gasteiger partial charge is 0.242 e. The van der Waals surface area contributed by atoms with Crippen LogP contribution < -0.4 is 0 Å². The predicted octanol–water partition coefficient (Wildman–Crippen LogP) is 3.29. The van der Waals surface area contributed by atoms with Gasteiger partial charge in [-0.3, -0.25) is 14.6 Å². The van der Waals surface area contributed by atoms with Crippen molar-refractivity contribution in [2.75, 3.05) is 0 Å². The molecule has 0 aliphatic rings. The maximum absolute atomic E-state index is 12.2. The van der Waals surface area contributed by atoms with Gasteiger partial charge >= 0.3 is 0 Å². The molecule has 114 valence electrons. The Hall–Kier alpha value is -3.01. The predicted molar refractivity (Wildman–Crippen MR) is 88.3 cm³/mol. The van der Waals surface area contributed by atoms with Gasteiger partial charge in [0.1, 0.15) is 5.69 Å². The van der Waals surface area contributed by atoms with Crippen LogP contribution in [0, 0.1) is 6.92 Å². The number of Topliss-reactive ketones (excluding diaryl/α,β-unsaturated/α-hetero) is 1. The zero-order valence-corrected chi connectivity index (χ0v) is 12.8. The van der Waals surface area contributed by atoms with E-state index in [1.165, 1.54) is 0 Å². The van der Waals surface area contributed by atoms with E-state index in [1.54, 1.807) is 12.4 Å². The average molecular weight is 304 g/mol. The number of aldehydes is 1. The van der Waals surface area contributed by atoms with Crippen molar-refractivity contribution in [1.29, 1.82) is 0 Å². The topological polar surface area (TPSA) is 52.0 Å². The average Bonchev–Trinajstić information content (AvgIpc) is 2.92. The number of ketones is 1. The molecule has 0 N–H and O–H groups in total. The zero-order chi connectivity index (χ0) is 16.2. The number of rotatable bonds is 5. The first-order valence-corrected chi connectivity index (χ1v) is 7.34. The van der Waals surface area contributed by atoms with Gasteiger partial charge in [0.15, 0.2) is 6.29 Å². The van der Waals surface area contributed by atoms with Gasteiger partial charge in [-0.25, -0.2) is 0 Å². The van der Waals surface area contributed by atoms with E-state index in [1.807, 2.05) is 60.0 Å². The Kier molecular flexibility index (Phi) is 4.15. The number of nitrogens with zero attached hydrogens (tertiary/aromatic N) is 2. The van der Waals surface area contributed by atoms with Gasteiger partial charge in [-0.15, -0.1) is 0 Å². The summed E-state index contributed by atoms with van der Waals surface area (Å²) >= 11 is 0. The number of hydrogen-bond acceptors (Lipinski definition) is 3. The van der Waals surface area contributed by atoms with Gasteiger partial charge in [-0.2, -0.15) is 0 Å². The minimum Gasteiger partial charge on any atom is -0.337 e. The molecule has 2 heterocycles. The maximum Gasteiger partial charge on any atom is 0.242 e. The van der Waals surface area contributed by atoms with Crippen LogP contribution in [0.25, 0.3) is 11.1 Å². The summed E-state index contributed by atoms with van der Waals surface area (Å²) in [6.45, 7) is 2.46. The second kappa shape index (κ2) is 6.40. The Bertz CT molecular complexity index is 837. The SMILES string of the molecule is Cc1cc(-c2ccccc2)c(C(=O)C=O)n1Cc1ccncc1. The monoisotopic (exact) mass is 304 g/mol. The van der Waals surface area contributed by atoms with Gasteiger partial charge in [0, 0.05) is 30.2 Å². The molecule has 4 heteroatoms. The van der Waals surface area contributed by atoms with Gasteiger partial charge in [-0.05, 0) is 36.2 Å². The number of carbonyl (C=O) groups excluding carboxylic acids is 2. The fourth-order valence-corrected chi connectivity index (χ4v) is 2.71. The molecule has 0 atom stereocenters. The van der Waals surface area contributed by atoms with Gasteiger partial charge in [0.05, 0.1) is 0 Å². The fourth-order valence-electron chi connectivity index (χ4n) is 2.71. The molecule has 0 spiro atoms. The molecule has 23 heavy (non-hydrogen) atoms. The molecule has 0 saturated heterocycles. The highest BCUT2D eigenvalue weighted by molar-refractivity contribution is 6.34. The number of aryl methyl sites for hydroxylation is 1. The number of pyridine rings is 1. The molecule has 3 rings (SSSR count). The third-order valence-corrected chi connectivity index (χ3v) is 3.82. The van der Waals surface area contributed by atoms with Gasteiger partial charge in [0.2, 0.25) is 5.78 Å². The number of hydrogen-bond donors (Lipinski definition) is 0. The normalized spacial score (nSPS) is 10.5. The Morgan fingerprint density at radius 1 is 1.13 bits per heavy atom. The summed E-state index contributed by atoms with van der Waals surface area (Å²) in [6.07, 6.45) is 3.81. The van der Waals surface area contributed by atoms with Crippen molar-refractivity contribution < 1.29 is 9.59 Å². The van der Waals surface area contributed by atoms with Crippen LogP contribution in [-0.2, 0) is 11.3 Å². The van der Waals surface area contributed by atoms with E-state index < -0.39 is 5.78 Å². The lowest BCUT2D eigenvalue weighted by molar-refractivity contribution is -0.104. The standard InChI is InChI=1S/C19H16N2O2/c1-14-11-17(16-5-3-2-4-6-16)19(18(23)13-22)21(14)12-15-7-9-20-10-8-15/h2-11,13H,12H2,1H3. The molecule has 0 saturated carbocycles. The fraction of sp³-hybridized carbons (Fsp3) is 0.105. The molecule has 0 aliphatic carbocycles. The maximum atomic E-state index is 12.2. The number of benzene rings is 1. The van der Waals surface area contributed by atoms with E-state index in [9.17, 15) is 9.59 Å². The van der Waals surface area contributed by atoms with Crippen LogP contribution in [0.4, 0.5) is 0 Å². The van der Waals surface area contributed by atoms with Crippen molar-refractivity contribution in [2.24, 2.45) is 0 Å². The molecule has 0 unspecified atom stereocenters. The third-order valence-electron chi connectivity index (χ3n) is 3.82. The lowest BCUT2D eigenvalue weighted by Crippen LogP contribution is -2.13. The van der Waals surface area contributed by atoms with Crippen molar-refractivity contribution in [3.05, 3.63) is 77.9 Å². The second-order valence-corrected chi connectivity index (χ2v) is 5.34. The first kappa shape index (κ1) is 14.9. The summed E-state index contributed by atoms with van der Waals surface area (Å²) in [5.41, 5.74) is 4.10. The first-order valence-electron chi connectivity index (χ1n) is 7.34. The molecule has 0 fully saturated rings. The molecular formula is C19H16N2O2. The van der Waals surface area contributed by atoms with Crippen LogP contribution in [0.3, 0.4) is 0 Å². The Labute approximate surface area is 134 Å². The number of carbonyl (C=O) groups is 2. The van der Waals surface area contributed by atoms with Crippen LogP contribution in [0.5, 0.6) is 0 Å². The van der Waals surface area contributed by atoms with Crippen LogP contribution in [-0.4, -0.2) is 21.6 Å². The Balaban J connectivity index is 2.14. The van der Waals surface area contributed by atoms with E-state index in [4.69, 9.17) is 0 Å². The molecular weight excluding hydrogens is 288 g/mol. The van der Waals surface area contributed by atoms with Crippen LogP contribution in [0.15, 0.2) is 60.9 Å². The molecule has 2 aromatic heterocycles. The van der Waals surface area contributed by atoms with Crippen molar-refractivity contribution in [3.63, 3.8) is 0 Å². The van der Waals surface area contributed by atoms with Crippen molar-refractivity contribution in [3.8, 4) is 11.1 Å². The quantitative estimate of drug-likeness (QED) is 0.413. The molecule has 1 aromatic carbocycles. The van der Waals surface area contributed by atoms with E-state index in [-0.39, 0.29) is 0 Å². The van der Waals surface area contributed by atoms with Crippen molar-refractivity contribution in [2.45, 2.75) is 13.5 Å². The zero-order valence-electron chi connectivity index (χ0n) is 12.8. The second-order valence-electron chi connectivity index (χ2n) is 5.34. The summed E-state index contributed by atoms with van der Waals surface area (Å²) in [7, 11) is 0. The molecule has 0 amide bonds. The molecule has 3 aromatic rings. The van der Waals surface area contributed by atoms with Crippen molar-refractivity contribution >= 4 is 12.1 Å². The summed E-state index contributed by atoms with van der Waals surface area (Å²) in [6, 6.07) is 15.4. The minimum absolute atomic E-state index is 0.379. The molecule has 0 bridgehead atoms. The Morgan fingerprint density at radius 2 is 1.83 bits per heavy atom. The summed E-state index contributed by atoms with van der Waals surface area (Å²) in [5.74, 6) is -0.508. The van der Waals surface area contributed by atoms with E-state index in [0.717, 1.165) is 22.4 Å². The summed E-state index contributed by atoms with van der Waals surface area (Å²) in [4.78, 5) is 27.4. The highest BCUT2D eigenvalue weighted by Gasteiger charge is 2.20. The third kappa shape index (κ3) is 2.97. The highest BCUT2D eigenvalue weighted by atomic mass is 16.2. The van der Waals surface area contributed by atoms with E-state index in [0.29, 0.717) is 18.5 Å². The first-order chi connectivity index (χ1) is 11.2. The highest BCUT2D eigenvalue weighted by Crippen LogP contribution is 2.28. The summed E-state index contributed by atoms with van der Waals surface area (Å²) in [5, 5.41) is 0. The van der Waals surface area contributed by atoms with Gasteiger partial charge in [0.25, 0.3) is 0 Å². The van der Waals surface area contributed by atoms with E-state index in [2.05, 4.69) is 4.98 Å². The minimum atomic E-state index is -0.508. The number of aromatic nitrogens is 2. The molecule has 0 radical (unpaired) electrons. The van der Waals surface area contributed by atoms with E-state index >= 15 is 0 Å². The van der Waals surface area contributed by atoms with Crippen LogP contribution in [0.1, 0.15) is 21.7 Å². The molecule has 4 nitrogen and oxygen atoms in total. The van der Waals surface area contributed by atoms with Crippen LogP contribution in [0.2, 0.25) is 0 Å². The van der Waals surface area contributed by atoms with Crippen molar-refractivity contribution in [1.82, 2.24) is 9.55 Å².